The van der Waals surface area contributed by atoms with Crippen LogP contribution in [0.1, 0.15) is 61.1 Å². The molecule has 38 heavy (non-hydrogen) atoms. The smallest absolute Gasteiger partial charge is 0.240 e. The molecule has 0 unspecified atom stereocenters. The van der Waals surface area contributed by atoms with Crippen molar-refractivity contribution in [3.05, 3.63) is 69.2 Å². The van der Waals surface area contributed by atoms with Gasteiger partial charge in [0, 0.05) is 42.8 Å². The van der Waals surface area contributed by atoms with Crippen LogP contribution in [0.5, 0.6) is 0 Å². The van der Waals surface area contributed by atoms with Gasteiger partial charge in [0.1, 0.15) is 6.17 Å². The first-order chi connectivity index (χ1) is 18.5. The van der Waals surface area contributed by atoms with Crippen LogP contribution >= 0.6 is 23.2 Å². The van der Waals surface area contributed by atoms with E-state index in [1.807, 2.05) is 12.1 Å². The van der Waals surface area contributed by atoms with E-state index in [9.17, 15) is 9.18 Å². The van der Waals surface area contributed by atoms with Crippen LogP contribution in [0, 0.1) is 0 Å². The van der Waals surface area contributed by atoms with Gasteiger partial charge in [-0.25, -0.2) is 4.39 Å². The number of rotatable bonds is 8. The zero-order valence-electron chi connectivity index (χ0n) is 22.3. The summed E-state index contributed by atoms with van der Waals surface area (Å²) in [6.45, 7) is 5.85. The van der Waals surface area contributed by atoms with Gasteiger partial charge < -0.3 is 9.80 Å². The maximum absolute atomic E-state index is 13.9. The molecule has 3 saturated heterocycles. The van der Waals surface area contributed by atoms with Crippen LogP contribution in [0.25, 0.3) is 0 Å². The van der Waals surface area contributed by atoms with Crippen molar-refractivity contribution in [3.8, 4) is 0 Å². The fourth-order valence-corrected chi connectivity index (χ4v) is 7.03. The Kier molecular flexibility index (Phi) is 9.64. The van der Waals surface area contributed by atoms with Crippen LogP contribution in [0.15, 0.2) is 42.5 Å². The predicted molar refractivity (Wildman–Crippen MR) is 154 cm³/mol. The van der Waals surface area contributed by atoms with Gasteiger partial charge >= 0.3 is 0 Å². The second kappa shape index (κ2) is 13.1. The quantitative estimate of drug-likeness (QED) is 0.375. The van der Waals surface area contributed by atoms with Crippen LogP contribution in [-0.4, -0.2) is 78.6 Å². The van der Waals surface area contributed by atoms with Crippen LogP contribution in [0.2, 0.25) is 10.0 Å². The third-order valence-electron chi connectivity index (χ3n) is 8.76. The molecule has 3 aliphatic heterocycles. The summed E-state index contributed by atoms with van der Waals surface area (Å²) in [6.07, 6.45) is 7.04. The Morgan fingerprint density at radius 1 is 0.921 bits per heavy atom. The lowest BCUT2D eigenvalue weighted by molar-refractivity contribution is -0.138. The lowest BCUT2D eigenvalue weighted by Crippen LogP contribution is -2.53. The summed E-state index contributed by atoms with van der Waals surface area (Å²) in [4.78, 5) is 20.7. The first-order valence-corrected chi connectivity index (χ1v) is 15.1. The predicted octanol–water partition coefficient (Wildman–Crippen LogP) is 6.38. The van der Waals surface area contributed by atoms with Crippen LogP contribution < -0.4 is 0 Å². The molecular formula is C31H40Cl2FN3O. The third kappa shape index (κ3) is 6.91. The number of hydrogen-bond donors (Lipinski definition) is 0. The maximum atomic E-state index is 13.9. The van der Waals surface area contributed by atoms with Crippen LogP contribution in [-0.2, 0) is 17.6 Å². The molecule has 3 aliphatic rings. The molecule has 0 radical (unpaired) electrons. The van der Waals surface area contributed by atoms with Crippen molar-refractivity contribution in [3.63, 3.8) is 0 Å². The zero-order valence-corrected chi connectivity index (χ0v) is 23.8. The number of alkyl halides is 1. The minimum absolute atomic E-state index is 0.183. The standard InChI is InChI=1S/C31H40Cl2FN3O/c32-26-9-8-25(29(33)21-26)20-30(36-14-4-1-5-15-36)31(38)37-18-11-24(12-19-37)28-7-3-2-6-23(28)10-16-35-17-13-27(34)22-35/h2-3,6-9,21,24,27,30H,1,4-5,10-20,22H2/t27-,30-/m1/s1. The van der Waals surface area contributed by atoms with Gasteiger partial charge in [0.05, 0.1) is 6.04 Å². The molecule has 2 atom stereocenters. The Balaban J connectivity index is 1.23. The molecule has 2 aromatic rings. The highest BCUT2D eigenvalue weighted by Crippen LogP contribution is 2.32. The van der Waals surface area contributed by atoms with Crippen molar-refractivity contribution < 1.29 is 9.18 Å². The lowest BCUT2D eigenvalue weighted by Gasteiger charge is -2.39. The number of likely N-dealkylation sites (tertiary alicyclic amines) is 3. The molecule has 4 nitrogen and oxygen atoms in total. The normalized spacial score (nSPS) is 22.6. The highest BCUT2D eigenvalue weighted by molar-refractivity contribution is 6.35. The Morgan fingerprint density at radius 2 is 1.68 bits per heavy atom. The molecule has 1 amide bonds. The minimum atomic E-state index is -0.670. The fourth-order valence-electron chi connectivity index (χ4n) is 6.55. The number of piperidine rings is 2. The van der Waals surface area contributed by atoms with Crippen molar-refractivity contribution in [2.24, 2.45) is 0 Å². The second-order valence-electron chi connectivity index (χ2n) is 11.3. The Bertz CT molecular complexity index is 1080. The van der Waals surface area contributed by atoms with Crippen molar-refractivity contribution in [2.75, 3.05) is 45.8 Å². The number of nitrogens with zero attached hydrogens (tertiary/aromatic N) is 3. The molecule has 3 fully saturated rings. The molecule has 0 aromatic heterocycles. The highest BCUT2D eigenvalue weighted by atomic mass is 35.5. The summed E-state index contributed by atoms with van der Waals surface area (Å²) in [5.74, 6) is 0.696. The molecule has 206 valence electrons. The molecule has 0 saturated carbocycles. The first kappa shape index (κ1) is 27.9. The lowest BCUT2D eigenvalue weighted by atomic mass is 9.85. The Hall–Kier alpha value is -1.66. The van der Waals surface area contributed by atoms with Crippen LogP contribution in [0.3, 0.4) is 0 Å². The van der Waals surface area contributed by atoms with Gasteiger partial charge in [0.2, 0.25) is 5.91 Å². The summed E-state index contributed by atoms with van der Waals surface area (Å²) in [5.41, 5.74) is 3.78. The average molecular weight is 561 g/mol. The molecule has 0 N–H and O–H groups in total. The molecule has 0 spiro atoms. The number of amides is 1. The minimum Gasteiger partial charge on any atom is -0.341 e. The number of carbonyl (C=O) groups is 1. The third-order valence-corrected chi connectivity index (χ3v) is 9.35. The average Bonchev–Trinajstić information content (AvgIpc) is 3.37. The van der Waals surface area contributed by atoms with E-state index in [1.54, 1.807) is 6.07 Å². The van der Waals surface area contributed by atoms with Crippen molar-refractivity contribution >= 4 is 29.1 Å². The molecular weight excluding hydrogens is 520 g/mol. The first-order valence-electron chi connectivity index (χ1n) is 14.4. The highest BCUT2D eigenvalue weighted by Gasteiger charge is 2.34. The summed E-state index contributed by atoms with van der Waals surface area (Å²) in [6, 6.07) is 14.2. The van der Waals surface area contributed by atoms with Gasteiger partial charge in [-0.3, -0.25) is 9.69 Å². The SMILES string of the molecule is O=C([C@@H](Cc1ccc(Cl)cc1Cl)N1CCCCC1)N1CCC(c2ccccc2CCN2CC[C@@H](F)C2)CC1. The Labute approximate surface area is 237 Å². The number of carbonyl (C=O) groups excluding carboxylic acids is 1. The van der Waals surface area contributed by atoms with E-state index in [4.69, 9.17) is 23.2 Å². The molecule has 3 heterocycles. The van der Waals surface area contributed by atoms with Crippen molar-refractivity contribution in [1.82, 2.24) is 14.7 Å². The van der Waals surface area contributed by atoms with Gasteiger partial charge in [0.15, 0.2) is 0 Å². The van der Waals surface area contributed by atoms with Crippen molar-refractivity contribution in [1.29, 1.82) is 0 Å². The fraction of sp³-hybridized carbons (Fsp3) is 0.581. The van der Waals surface area contributed by atoms with Gasteiger partial charge in [-0.15, -0.1) is 0 Å². The van der Waals surface area contributed by atoms with E-state index < -0.39 is 6.17 Å². The van der Waals surface area contributed by atoms with E-state index in [2.05, 4.69) is 39.0 Å². The Morgan fingerprint density at radius 3 is 2.39 bits per heavy atom. The van der Waals surface area contributed by atoms with E-state index >= 15 is 0 Å². The topological polar surface area (TPSA) is 26.8 Å². The molecule has 2 aromatic carbocycles. The van der Waals surface area contributed by atoms with Crippen molar-refractivity contribution in [2.45, 2.75) is 69.5 Å². The second-order valence-corrected chi connectivity index (χ2v) is 12.1. The maximum Gasteiger partial charge on any atom is 0.240 e. The van der Waals surface area contributed by atoms with Gasteiger partial charge in [-0.1, -0.05) is 60.0 Å². The van der Waals surface area contributed by atoms with E-state index in [0.29, 0.717) is 35.3 Å². The number of hydrogen-bond acceptors (Lipinski definition) is 3. The number of halogens is 3. The zero-order chi connectivity index (χ0) is 26.5. The monoisotopic (exact) mass is 559 g/mol. The summed E-state index contributed by atoms with van der Waals surface area (Å²) in [7, 11) is 0. The van der Waals surface area contributed by atoms with E-state index in [0.717, 1.165) is 76.9 Å². The number of benzene rings is 2. The summed E-state index contributed by atoms with van der Waals surface area (Å²) < 4.78 is 13.6. The van der Waals surface area contributed by atoms with Gasteiger partial charge in [0.25, 0.3) is 0 Å². The van der Waals surface area contributed by atoms with E-state index in [-0.39, 0.29) is 11.9 Å². The molecule has 7 heteroatoms. The molecule has 5 rings (SSSR count). The van der Waals surface area contributed by atoms with Crippen LogP contribution in [0.4, 0.5) is 4.39 Å². The molecule has 0 aliphatic carbocycles. The summed E-state index contributed by atoms with van der Waals surface area (Å²) in [5, 5.41) is 1.26. The largest absolute Gasteiger partial charge is 0.341 e. The van der Waals surface area contributed by atoms with E-state index in [1.165, 1.54) is 17.5 Å². The van der Waals surface area contributed by atoms with Gasteiger partial charge in [-0.05, 0) is 92.8 Å². The molecule has 0 bridgehead atoms. The summed E-state index contributed by atoms with van der Waals surface area (Å²) >= 11 is 12.7. The van der Waals surface area contributed by atoms with Gasteiger partial charge in [-0.2, -0.15) is 0 Å².